The zero-order valence-electron chi connectivity index (χ0n) is 10.5. The van der Waals surface area contributed by atoms with Crippen LogP contribution in [0.2, 0.25) is 5.02 Å². The summed E-state index contributed by atoms with van der Waals surface area (Å²) in [7, 11) is 0. The minimum Gasteiger partial charge on any atom is -0.399 e. The molecule has 1 aromatic carbocycles. The van der Waals surface area contributed by atoms with Crippen molar-refractivity contribution in [3.8, 4) is 6.07 Å². The molecule has 0 aromatic heterocycles. The van der Waals surface area contributed by atoms with Crippen molar-refractivity contribution in [1.29, 1.82) is 5.26 Å². The topological polar surface area (TPSA) is 90.9 Å². The van der Waals surface area contributed by atoms with Gasteiger partial charge in [-0.15, -0.1) is 0 Å². The molecule has 1 rings (SSSR count). The van der Waals surface area contributed by atoms with Gasteiger partial charge in [-0.25, -0.2) is 0 Å². The number of hydrogen-bond donors (Lipinski definition) is 3. The van der Waals surface area contributed by atoms with E-state index in [2.05, 4.69) is 10.6 Å². The van der Waals surface area contributed by atoms with Crippen LogP contribution in [0.4, 0.5) is 11.4 Å². The second-order valence-electron chi connectivity index (χ2n) is 3.82. The van der Waals surface area contributed by atoms with Gasteiger partial charge in [-0.1, -0.05) is 18.5 Å². The first-order valence-corrected chi connectivity index (χ1v) is 6.16. The molecular formula is C13H15ClN4O. The molecule has 6 heteroatoms. The van der Waals surface area contributed by atoms with E-state index in [-0.39, 0.29) is 5.57 Å². The number of anilines is 2. The molecule has 0 atom stereocenters. The minimum atomic E-state index is -0.516. The van der Waals surface area contributed by atoms with Crippen LogP contribution in [0.3, 0.4) is 0 Å². The third-order valence-electron chi connectivity index (χ3n) is 2.25. The molecule has 0 saturated carbocycles. The molecule has 0 aliphatic carbocycles. The largest absolute Gasteiger partial charge is 0.399 e. The Hall–Kier alpha value is -2.19. The number of carbonyl (C=O) groups is 1. The number of benzene rings is 1. The van der Waals surface area contributed by atoms with E-state index in [1.807, 2.05) is 13.0 Å². The number of nitrogen functional groups attached to an aromatic ring is 1. The summed E-state index contributed by atoms with van der Waals surface area (Å²) in [4.78, 5) is 11.8. The summed E-state index contributed by atoms with van der Waals surface area (Å²) in [6, 6.07) is 6.57. The lowest BCUT2D eigenvalue weighted by Crippen LogP contribution is -2.17. The number of halogens is 1. The van der Waals surface area contributed by atoms with E-state index in [1.54, 1.807) is 12.1 Å². The van der Waals surface area contributed by atoms with E-state index in [9.17, 15) is 4.79 Å². The van der Waals surface area contributed by atoms with Crippen LogP contribution in [-0.2, 0) is 4.79 Å². The first-order valence-electron chi connectivity index (χ1n) is 5.78. The molecule has 0 aliphatic heterocycles. The molecule has 0 heterocycles. The van der Waals surface area contributed by atoms with Crippen LogP contribution in [0, 0.1) is 11.3 Å². The number of rotatable bonds is 5. The van der Waals surface area contributed by atoms with Crippen molar-refractivity contribution < 1.29 is 4.79 Å². The Morgan fingerprint density at radius 1 is 1.58 bits per heavy atom. The molecule has 0 unspecified atom stereocenters. The number of nitrogens with two attached hydrogens (primary N) is 1. The molecule has 0 bridgehead atoms. The van der Waals surface area contributed by atoms with Gasteiger partial charge in [0.15, 0.2) is 0 Å². The first-order chi connectivity index (χ1) is 9.08. The number of nitrogens with zero attached hydrogens (tertiary/aromatic N) is 1. The third kappa shape index (κ3) is 4.53. The van der Waals surface area contributed by atoms with Gasteiger partial charge in [0, 0.05) is 18.4 Å². The Balaban J connectivity index is 2.77. The summed E-state index contributed by atoms with van der Waals surface area (Å²) in [6.07, 6.45) is 2.30. The monoisotopic (exact) mass is 278 g/mol. The van der Waals surface area contributed by atoms with Crippen molar-refractivity contribution in [3.05, 3.63) is 35.0 Å². The average molecular weight is 279 g/mol. The summed E-state index contributed by atoms with van der Waals surface area (Å²) in [5.41, 5.74) is 6.46. The molecule has 4 N–H and O–H groups in total. The standard InChI is InChI=1S/C13H15ClN4O/c1-2-5-17-8-9(7-15)13(19)18-12-4-3-10(16)6-11(12)14/h3-4,6,8,17H,2,5,16H2,1H3,(H,18,19)/b9-8-. The molecule has 0 fully saturated rings. The molecule has 1 aromatic rings. The SMILES string of the molecule is CCCN/C=C(/C#N)C(=O)Nc1ccc(N)cc1Cl. The van der Waals surface area contributed by atoms with Crippen molar-refractivity contribution >= 4 is 28.9 Å². The highest BCUT2D eigenvalue weighted by atomic mass is 35.5. The molecule has 100 valence electrons. The molecule has 19 heavy (non-hydrogen) atoms. The highest BCUT2D eigenvalue weighted by molar-refractivity contribution is 6.34. The van der Waals surface area contributed by atoms with Gasteiger partial charge in [0.05, 0.1) is 10.7 Å². The second kappa shape index (κ2) is 7.29. The van der Waals surface area contributed by atoms with Crippen molar-refractivity contribution in [1.82, 2.24) is 5.32 Å². The van der Waals surface area contributed by atoms with E-state index in [4.69, 9.17) is 22.6 Å². The third-order valence-corrected chi connectivity index (χ3v) is 2.56. The van der Waals surface area contributed by atoms with Crippen LogP contribution in [0.15, 0.2) is 30.0 Å². The molecule has 5 nitrogen and oxygen atoms in total. The highest BCUT2D eigenvalue weighted by Crippen LogP contribution is 2.24. The number of carbonyl (C=O) groups excluding carboxylic acids is 1. The minimum absolute atomic E-state index is 0.0126. The van der Waals surface area contributed by atoms with Gasteiger partial charge < -0.3 is 16.4 Å². The predicted molar refractivity (Wildman–Crippen MR) is 76.5 cm³/mol. The first kappa shape index (κ1) is 14.9. The Morgan fingerprint density at radius 2 is 2.32 bits per heavy atom. The maximum atomic E-state index is 11.8. The maximum absolute atomic E-state index is 11.8. The van der Waals surface area contributed by atoms with E-state index >= 15 is 0 Å². The number of nitriles is 1. The van der Waals surface area contributed by atoms with E-state index in [0.29, 0.717) is 22.9 Å². The van der Waals surface area contributed by atoms with Gasteiger partial charge in [-0.05, 0) is 24.6 Å². The Kier molecular flexibility index (Phi) is 5.71. The van der Waals surface area contributed by atoms with Gasteiger partial charge in [0.2, 0.25) is 0 Å². The zero-order chi connectivity index (χ0) is 14.3. The molecule has 0 radical (unpaired) electrons. The summed E-state index contributed by atoms with van der Waals surface area (Å²) >= 11 is 5.94. The molecule has 1 amide bonds. The van der Waals surface area contributed by atoms with Crippen LogP contribution in [0.1, 0.15) is 13.3 Å². The number of amides is 1. The Labute approximate surface area is 117 Å². The van der Waals surface area contributed by atoms with Crippen LogP contribution in [0.5, 0.6) is 0 Å². The maximum Gasteiger partial charge on any atom is 0.267 e. The van der Waals surface area contributed by atoms with Gasteiger partial charge in [0.25, 0.3) is 5.91 Å². The van der Waals surface area contributed by atoms with Crippen LogP contribution in [-0.4, -0.2) is 12.5 Å². The van der Waals surface area contributed by atoms with E-state index < -0.39 is 5.91 Å². The van der Waals surface area contributed by atoms with E-state index in [0.717, 1.165) is 6.42 Å². The fourth-order valence-corrected chi connectivity index (χ4v) is 1.53. The van der Waals surface area contributed by atoms with Crippen LogP contribution >= 0.6 is 11.6 Å². The van der Waals surface area contributed by atoms with Crippen molar-refractivity contribution in [3.63, 3.8) is 0 Å². The van der Waals surface area contributed by atoms with Crippen molar-refractivity contribution in [2.75, 3.05) is 17.6 Å². The second-order valence-corrected chi connectivity index (χ2v) is 4.22. The summed E-state index contributed by atoms with van der Waals surface area (Å²) < 4.78 is 0. The lowest BCUT2D eigenvalue weighted by molar-refractivity contribution is -0.112. The van der Waals surface area contributed by atoms with Gasteiger partial charge in [0.1, 0.15) is 11.6 Å². The van der Waals surface area contributed by atoms with Crippen LogP contribution in [0.25, 0.3) is 0 Å². The molecular weight excluding hydrogens is 264 g/mol. The lowest BCUT2D eigenvalue weighted by atomic mass is 10.2. The molecule has 0 saturated heterocycles. The van der Waals surface area contributed by atoms with Gasteiger partial charge in [-0.3, -0.25) is 4.79 Å². The zero-order valence-corrected chi connectivity index (χ0v) is 11.3. The Morgan fingerprint density at radius 3 is 2.89 bits per heavy atom. The summed E-state index contributed by atoms with van der Waals surface area (Å²) in [6.45, 7) is 2.68. The quantitative estimate of drug-likeness (QED) is 0.333. The fourth-order valence-electron chi connectivity index (χ4n) is 1.29. The highest BCUT2D eigenvalue weighted by Gasteiger charge is 2.11. The summed E-state index contributed by atoms with van der Waals surface area (Å²) in [5.74, 6) is -0.516. The van der Waals surface area contributed by atoms with Gasteiger partial charge in [-0.2, -0.15) is 5.26 Å². The average Bonchev–Trinajstić information content (AvgIpc) is 2.38. The lowest BCUT2D eigenvalue weighted by Gasteiger charge is -2.07. The summed E-state index contributed by atoms with van der Waals surface area (Å²) in [5, 5.41) is 14.7. The fraction of sp³-hybridized carbons (Fsp3) is 0.231. The predicted octanol–water partition coefficient (Wildman–Crippen LogP) is 2.27. The number of hydrogen-bond acceptors (Lipinski definition) is 4. The van der Waals surface area contributed by atoms with E-state index in [1.165, 1.54) is 12.3 Å². The van der Waals surface area contributed by atoms with Crippen molar-refractivity contribution in [2.24, 2.45) is 0 Å². The van der Waals surface area contributed by atoms with Gasteiger partial charge >= 0.3 is 0 Å². The smallest absolute Gasteiger partial charge is 0.267 e. The molecule has 0 spiro atoms. The number of nitrogens with one attached hydrogen (secondary N) is 2. The normalized spacial score (nSPS) is 10.7. The van der Waals surface area contributed by atoms with Crippen LogP contribution < -0.4 is 16.4 Å². The van der Waals surface area contributed by atoms with Crippen molar-refractivity contribution in [2.45, 2.75) is 13.3 Å². The molecule has 0 aliphatic rings. The Bertz CT molecular complexity index is 534.